The molecule has 2 aromatic carbocycles. The molecule has 10 heteroatoms. The molecule has 1 aromatic heterocycles. The standard InChI is InChI=1S/C22H21FN4O4S/c1-15(28)27-10-8-17-12-19(6-7-21(17)27)32(30,31)25-9-11-26-14-24-20(13-22(26)29)16-2-4-18(23)5-3-16/h2-7,12-14,25H,8-11H2,1H3. The molecule has 3 aromatic rings. The molecule has 1 amide bonds. The number of nitrogens with zero attached hydrogens (tertiary/aromatic N) is 3. The van der Waals surface area contributed by atoms with Crippen molar-refractivity contribution in [3.8, 4) is 11.3 Å². The summed E-state index contributed by atoms with van der Waals surface area (Å²) in [7, 11) is -3.78. The summed E-state index contributed by atoms with van der Waals surface area (Å²) < 4.78 is 42.2. The second kappa shape index (κ2) is 8.64. The van der Waals surface area contributed by atoms with Crippen molar-refractivity contribution in [1.82, 2.24) is 14.3 Å². The second-order valence-corrected chi connectivity index (χ2v) is 9.19. The zero-order chi connectivity index (χ0) is 22.9. The van der Waals surface area contributed by atoms with Gasteiger partial charge in [0.25, 0.3) is 5.56 Å². The molecule has 4 rings (SSSR count). The van der Waals surface area contributed by atoms with Gasteiger partial charge >= 0.3 is 0 Å². The number of hydrogen-bond acceptors (Lipinski definition) is 5. The van der Waals surface area contributed by atoms with E-state index in [0.29, 0.717) is 24.2 Å². The number of sulfonamides is 1. The zero-order valence-corrected chi connectivity index (χ0v) is 18.1. The van der Waals surface area contributed by atoms with Crippen molar-refractivity contribution in [2.75, 3.05) is 18.0 Å². The lowest BCUT2D eigenvalue weighted by Gasteiger charge is -2.15. The Kier molecular flexibility index (Phi) is 5.90. The van der Waals surface area contributed by atoms with E-state index in [9.17, 15) is 22.4 Å². The summed E-state index contributed by atoms with van der Waals surface area (Å²) in [5.41, 5.74) is 2.21. The molecule has 0 fully saturated rings. The van der Waals surface area contributed by atoms with Crippen molar-refractivity contribution >= 4 is 21.6 Å². The van der Waals surface area contributed by atoms with Crippen molar-refractivity contribution in [2.45, 2.75) is 24.8 Å². The zero-order valence-electron chi connectivity index (χ0n) is 17.3. The molecular formula is C22H21FN4O4S. The van der Waals surface area contributed by atoms with E-state index < -0.39 is 10.0 Å². The number of fused-ring (bicyclic) bond motifs is 1. The summed E-state index contributed by atoms with van der Waals surface area (Å²) in [5.74, 6) is -0.462. The van der Waals surface area contributed by atoms with Gasteiger partial charge in [0.05, 0.1) is 16.9 Å². The Morgan fingerprint density at radius 2 is 1.91 bits per heavy atom. The van der Waals surface area contributed by atoms with Crippen LogP contribution < -0.4 is 15.2 Å². The summed E-state index contributed by atoms with van der Waals surface area (Å²) in [6, 6.07) is 11.6. The van der Waals surface area contributed by atoms with Crippen LogP contribution in [0.25, 0.3) is 11.3 Å². The first-order chi connectivity index (χ1) is 15.2. The summed E-state index contributed by atoms with van der Waals surface area (Å²) in [6.45, 7) is 2.10. The Morgan fingerprint density at radius 3 is 2.59 bits per heavy atom. The summed E-state index contributed by atoms with van der Waals surface area (Å²) >= 11 is 0. The number of nitrogens with one attached hydrogen (secondary N) is 1. The van der Waals surface area contributed by atoms with Gasteiger partial charge in [0.2, 0.25) is 15.9 Å². The molecule has 0 bridgehead atoms. The molecule has 1 aliphatic rings. The van der Waals surface area contributed by atoms with Crippen LogP contribution in [0, 0.1) is 5.82 Å². The first-order valence-corrected chi connectivity index (χ1v) is 11.5. The number of benzene rings is 2. The molecule has 166 valence electrons. The fourth-order valence-electron chi connectivity index (χ4n) is 3.63. The average Bonchev–Trinajstić information content (AvgIpc) is 3.19. The second-order valence-electron chi connectivity index (χ2n) is 7.42. The van der Waals surface area contributed by atoms with E-state index in [1.165, 1.54) is 54.2 Å². The maximum absolute atomic E-state index is 13.1. The van der Waals surface area contributed by atoms with Gasteiger partial charge in [0.15, 0.2) is 0 Å². The predicted molar refractivity (Wildman–Crippen MR) is 117 cm³/mol. The minimum absolute atomic E-state index is 0.00350. The Balaban J connectivity index is 1.42. The lowest BCUT2D eigenvalue weighted by Crippen LogP contribution is -2.31. The SMILES string of the molecule is CC(=O)N1CCc2cc(S(=O)(=O)NCCn3cnc(-c4ccc(F)cc4)cc3=O)ccc21. The summed E-state index contributed by atoms with van der Waals surface area (Å²) in [4.78, 5) is 29.9. The van der Waals surface area contributed by atoms with Crippen LogP contribution >= 0.6 is 0 Å². The van der Waals surface area contributed by atoms with Gasteiger partial charge in [-0.15, -0.1) is 0 Å². The van der Waals surface area contributed by atoms with Crippen molar-refractivity contribution in [3.63, 3.8) is 0 Å². The molecule has 0 saturated heterocycles. The highest BCUT2D eigenvalue weighted by Crippen LogP contribution is 2.30. The Morgan fingerprint density at radius 1 is 1.16 bits per heavy atom. The molecule has 1 aliphatic heterocycles. The highest BCUT2D eigenvalue weighted by Gasteiger charge is 2.24. The number of halogens is 1. The maximum Gasteiger partial charge on any atom is 0.253 e. The van der Waals surface area contributed by atoms with E-state index in [0.717, 1.165) is 11.3 Å². The van der Waals surface area contributed by atoms with Gasteiger partial charge in [-0.2, -0.15) is 0 Å². The van der Waals surface area contributed by atoms with E-state index in [4.69, 9.17) is 0 Å². The number of anilines is 1. The van der Waals surface area contributed by atoms with E-state index in [-0.39, 0.29) is 35.3 Å². The van der Waals surface area contributed by atoms with Crippen molar-refractivity contribution in [2.24, 2.45) is 0 Å². The number of amides is 1. The van der Waals surface area contributed by atoms with Gasteiger partial charge in [-0.25, -0.2) is 22.5 Å². The molecule has 0 aliphatic carbocycles. The van der Waals surface area contributed by atoms with Crippen LogP contribution in [0.1, 0.15) is 12.5 Å². The highest BCUT2D eigenvalue weighted by atomic mass is 32.2. The normalized spacial score (nSPS) is 13.2. The Labute approximate surface area is 184 Å². The minimum Gasteiger partial charge on any atom is -0.312 e. The van der Waals surface area contributed by atoms with Crippen LogP contribution in [0.5, 0.6) is 0 Å². The van der Waals surface area contributed by atoms with Gasteiger partial charge in [0.1, 0.15) is 5.82 Å². The van der Waals surface area contributed by atoms with Gasteiger partial charge in [0, 0.05) is 43.9 Å². The molecule has 0 spiro atoms. The first kappa shape index (κ1) is 21.8. The molecule has 0 unspecified atom stereocenters. The smallest absolute Gasteiger partial charge is 0.253 e. The highest BCUT2D eigenvalue weighted by molar-refractivity contribution is 7.89. The fraction of sp³-hybridized carbons (Fsp3) is 0.227. The molecular weight excluding hydrogens is 435 g/mol. The lowest BCUT2D eigenvalue weighted by atomic mass is 10.1. The van der Waals surface area contributed by atoms with Gasteiger partial charge < -0.3 is 4.90 Å². The molecule has 1 N–H and O–H groups in total. The monoisotopic (exact) mass is 456 g/mol. The molecule has 0 saturated carbocycles. The molecule has 8 nitrogen and oxygen atoms in total. The van der Waals surface area contributed by atoms with Crippen LogP contribution in [0.15, 0.2) is 64.5 Å². The largest absolute Gasteiger partial charge is 0.312 e. The van der Waals surface area contributed by atoms with Crippen LogP contribution in [0.4, 0.5) is 10.1 Å². The third kappa shape index (κ3) is 4.46. The van der Waals surface area contributed by atoms with Gasteiger partial charge in [-0.05, 0) is 54.4 Å². The average molecular weight is 456 g/mol. The van der Waals surface area contributed by atoms with E-state index in [2.05, 4.69) is 9.71 Å². The Hall–Kier alpha value is -3.37. The van der Waals surface area contributed by atoms with Gasteiger partial charge in [-0.1, -0.05) is 0 Å². The number of rotatable bonds is 6. The molecule has 0 atom stereocenters. The number of carbonyl (C=O) groups excluding carboxylic acids is 1. The topological polar surface area (TPSA) is 101 Å². The third-order valence-corrected chi connectivity index (χ3v) is 6.76. The van der Waals surface area contributed by atoms with Crippen LogP contribution in [0.3, 0.4) is 0 Å². The van der Waals surface area contributed by atoms with E-state index >= 15 is 0 Å². The molecule has 32 heavy (non-hydrogen) atoms. The number of hydrogen-bond donors (Lipinski definition) is 1. The summed E-state index contributed by atoms with van der Waals surface area (Å²) in [5, 5.41) is 0. The van der Waals surface area contributed by atoms with E-state index in [1.54, 1.807) is 17.0 Å². The number of carbonyl (C=O) groups is 1. The van der Waals surface area contributed by atoms with E-state index in [1.807, 2.05) is 0 Å². The van der Waals surface area contributed by atoms with Crippen LogP contribution in [-0.2, 0) is 27.8 Å². The van der Waals surface area contributed by atoms with Crippen molar-refractivity contribution in [1.29, 1.82) is 0 Å². The fourth-order valence-corrected chi connectivity index (χ4v) is 4.70. The first-order valence-electron chi connectivity index (χ1n) is 9.98. The maximum atomic E-state index is 13.1. The third-order valence-electron chi connectivity index (χ3n) is 5.30. The molecule has 0 radical (unpaired) electrons. The predicted octanol–water partition coefficient (Wildman–Crippen LogP) is 1.94. The van der Waals surface area contributed by atoms with Gasteiger partial charge in [-0.3, -0.25) is 14.2 Å². The van der Waals surface area contributed by atoms with Crippen LogP contribution in [-0.4, -0.2) is 37.0 Å². The lowest BCUT2D eigenvalue weighted by molar-refractivity contribution is -0.116. The van der Waals surface area contributed by atoms with Crippen LogP contribution in [0.2, 0.25) is 0 Å². The summed E-state index contributed by atoms with van der Waals surface area (Å²) in [6.07, 6.45) is 1.93. The number of aromatic nitrogens is 2. The van der Waals surface area contributed by atoms with Crippen molar-refractivity contribution < 1.29 is 17.6 Å². The minimum atomic E-state index is -3.78. The molecule has 2 heterocycles. The Bertz CT molecular complexity index is 1340. The quantitative estimate of drug-likeness (QED) is 0.611. The van der Waals surface area contributed by atoms with Crippen molar-refractivity contribution in [3.05, 3.63) is 76.6 Å².